The van der Waals surface area contributed by atoms with Gasteiger partial charge in [0.2, 0.25) is 5.95 Å². The molecule has 1 aromatic carbocycles. The largest absolute Gasteiger partial charge is 0.466 e. The number of esters is 1. The van der Waals surface area contributed by atoms with Crippen LogP contribution in [0.25, 0.3) is 11.3 Å². The number of pyridine rings is 1. The van der Waals surface area contributed by atoms with E-state index in [1.54, 1.807) is 31.3 Å². The molecule has 2 N–H and O–H groups in total. The Labute approximate surface area is 176 Å². The summed E-state index contributed by atoms with van der Waals surface area (Å²) in [7, 11) is 0. The molecule has 3 aromatic rings. The van der Waals surface area contributed by atoms with E-state index in [9.17, 15) is 18.0 Å². The van der Waals surface area contributed by atoms with E-state index in [1.807, 2.05) is 0 Å². The van der Waals surface area contributed by atoms with Crippen molar-refractivity contribution in [2.45, 2.75) is 19.5 Å². The van der Waals surface area contributed by atoms with Crippen molar-refractivity contribution >= 4 is 23.4 Å². The zero-order chi connectivity index (χ0) is 22.3. The monoisotopic (exact) mass is 431 g/mol. The number of carbonyl (C=O) groups is 1. The standard InChI is InChI=1S/C21H20F3N5O2/c1-2-31-19(30)8-11-26-18-12-14(6-9-25-18)17-7-10-27-20(29-17)28-16-5-3-4-15(13-16)21(22,23)24/h3-7,9-10,12-13H,2,8,11H2,1H3,(H,25,26)(H,27,28,29). The number of anilines is 3. The average Bonchev–Trinajstić information content (AvgIpc) is 2.74. The fourth-order valence-corrected chi connectivity index (χ4v) is 2.69. The van der Waals surface area contributed by atoms with E-state index in [-0.39, 0.29) is 24.0 Å². The molecule has 0 aliphatic heterocycles. The minimum Gasteiger partial charge on any atom is -0.466 e. The molecule has 0 radical (unpaired) electrons. The third-order valence-electron chi connectivity index (χ3n) is 4.10. The number of nitrogens with one attached hydrogen (secondary N) is 2. The number of aromatic nitrogens is 3. The number of nitrogens with zero attached hydrogens (tertiary/aromatic N) is 3. The van der Waals surface area contributed by atoms with E-state index in [1.165, 1.54) is 18.3 Å². The van der Waals surface area contributed by atoms with Crippen molar-refractivity contribution in [3.63, 3.8) is 0 Å². The molecule has 0 unspecified atom stereocenters. The topological polar surface area (TPSA) is 89.0 Å². The number of rotatable bonds is 8. The normalized spacial score (nSPS) is 11.1. The first kappa shape index (κ1) is 22.0. The third kappa shape index (κ3) is 6.39. The summed E-state index contributed by atoms with van der Waals surface area (Å²) in [4.78, 5) is 24.1. The molecular formula is C21H20F3N5O2. The molecule has 162 valence electrons. The number of halogens is 3. The molecule has 2 heterocycles. The number of hydrogen-bond acceptors (Lipinski definition) is 7. The van der Waals surface area contributed by atoms with Crippen molar-refractivity contribution in [2.75, 3.05) is 23.8 Å². The summed E-state index contributed by atoms with van der Waals surface area (Å²) in [6, 6.07) is 9.98. The SMILES string of the molecule is CCOC(=O)CCNc1cc(-c2ccnc(Nc3cccc(C(F)(F)F)c3)n2)ccn1. The number of carbonyl (C=O) groups excluding carboxylic acids is 1. The molecule has 31 heavy (non-hydrogen) atoms. The first-order valence-electron chi connectivity index (χ1n) is 9.48. The molecule has 0 aliphatic carbocycles. The Morgan fingerprint density at radius 3 is 2.68 bits per heavy atom. The lowest BCUT2D eigenvalue weighted by molar-refractivity contribution is -0.142. The Balaban J connectivity index is 1.71. The lowest BCUT2D eigenvalue weighted by Crippen LogP contribution is -2.11. The minimum atomic E-state index is -4.44. The van der Waals surface area contributed by atoms with Gasteiger partial charge in [-0.1, -0.05) is 6.07 Å². The lowest BCUT2D eigenvalue weighted by Gasteiger charge is -2.11. The summed E-state index contributed by atoms with van der Waals surface area (Å²) >= 11 is 0. The van der Waals surface area contributed by atoms with Gasteiger partial charge >= 0.3 is 12.1 Å². The first-order valence-corrected chi connectivity index (χ1v) is 9.48. The van der Waals surface area contributed by atoms with Gasteiger partial charge in [0.15, 0.2) is 0 Å². The quantitative estimate of drug-likeness (QED) is 0.501. The smallest absolute Gasteiger partial charge is 0.416 e. The van der Waals surface area contributed by atoms with Gasteiger partial charge in [0, 0.05) is 30.2 Å². The second-order valence-electron chi connectivity index (χ2n) is 6.38. The summed E-state index contributed by atoms with van der Waals surface area (Å²) in [5, 5.41) is 5.84. The Morgan fingerprint density at radius 1 is 1.10 bits per heavy atom. The van der Waals surface area contributed by atoms with E-state index in [4.69, 9.17) is 4.74 Å². The van der Waals surface area contributed by atoms with Crippen LogP contribution in [0.5, 0.6) is 0 Å². The van der Waals surface area contributed by atoms with Crippen LogP contribution >= 0.6 is 0 Å². The van der Waals surface area contributed by atoms with E-state index < -0.39 is 11.7 Å². The van der Waals surface area contributed by atoms with Gasteiger partial charge in [-0.2, -0.15) is 13.2 Å². The Hall–Kier alpha value is -3.69. The van der Waals surface area contributed by atoms with Crippen LogP contribution in [0.15, 0.2) is 54.9 Å². The fraction of sp³-hybridized carbons (Fsp3) is 0.238. The average molecular weight is 431 g/mol. The fourth-order valence-electron chi connectivity index (χ4n) is 2.69. The van der Waals surface area contributed by atoms with E-state index >= 15 is 0 Å². The second-order valence-corrected chi connectivity index (χ2v) is 6.38. The number of ether oxygens (including phenoxy) is 1. The van der Waals surface area contributed by atoms with E-state index in [2.05, 4.69) is 25.6 Å². The van der Waals surface area contributed by atoms with Gasteiger partial charge in [0.25, 0.3) is 0 Å². The molecular weight excluding hydrogens is 411 g/mol. The van der Waals surface area contributed by atoms with Crippen molar-refractivity contribution in [2.24, 2.45) is 0 Å². The lowest BCUT2D eigenvalue weighted by atomic mass is 10.2. The highest BCUT2D eigenvalue weighted by atomic mass is 19.4. The predicted octanol–water partition coefficient (Wildman–Crippen LogP) is 4.67. The predicted molar refractivity (Wildman–Crippen MR) is 110 cm³/mol. The van der Waals surface area contributed by atoms with Crippen molar-refractivity contribution in [1.82, 2.24) is 15.0 Å². The molecule has 7 nitrogen and oxygen atoms in total. The van der Waals surface area contributed by atoms with Crippen molar-refractivity contribution in [3.05, 3.63) is 60.4 Å². The zero-order valence-corrected chi connectivity index (χ0v) is 16.6. The van der Waals surface area contributed by atoms with Crippen LogP contribution in [0.2, 0.25) is 0 Å². The van der Waals surface area contributed by atoms with Gasteiger partial charge in [-0.3, -0.25) is 4.79 Å². The highest BCUT2D eigenvalue weighted by Crippen LogP contribution is 2.31. The molecule has 2 aromatic heterocycles. The van der Waals surface area contributed by atoms with Crippen LogP contribution in [0.4, 0.5) is 30.6 Å². The number of alkyl halides is 3. The maximum atomic E-state index is 12.9. The Kier molecular flexibility index (Phi) is 7.01. The summed E-state index contributed by atoms with van der Waals surface area (Å²) in [5.74, 6) is 0.408. The maximum absolute atomic E-state index is 12.9. The minimum absolute atomic E-state index is 0.158. The molecule has 0 bridgehead atoms. The first-order chi connectivity index (χ1) is 14.8. The molecule has 0 saturated carbocycles. The van der Waals surface area contributed by atoms with Gasteiger partial charge in [-0.25, -0.2) is 15.0 Å². The van der Waals surface area contributed by atoms with Crippen molar-refractivity contribution < 1.29 is 22.7 Å². The van der Waals surface area contributed by atoms with Gasteiger partial charge < -0.3 is 15.4 Å². The van der Waals surface area contributed by atoms with Crippen LogP contribution in [-0.4, -0.2) is 34.1 Å². The Bertz CT molecular complexity index is 1040. The molecule has 0 atom stereocenters. The molecule has 3 rings (SSSR count). The molecule has 0 fully saturated rings. The molecule has 0 spiro atoms. The van der Waals surface area contributed by atoms with Crippen molar-refractivity contribution in [3.8, 4) is 11.3 Å². The summed E-state index contributed by atoms with van der Waals surface area (Å²) < 4.78 is 43.6. The summed E-state index contributed by atoms with van der Waals surface area (Å²) in [5.41, 5.74) is 0.743. The zero-order valence-electron chi connectivity index (χ0n) is 16.6. The second kappa shape index (κ2) is 9.88. The van der Waals surface area contributed by atoms with Gasteiger partial charge in [-0.15, -0.1) is 0 Å². The van der Waals surface area contributed by atoms with Crippen molar-refractivity contribution in [1.29, 1.82) is 0 Å². The van der Waals surface area contributed by atoms with Crippen LogP contribution in [0.3, 0.4) is 0 Å². The maximum Gasteiger partial charge on any atom is 0.416 e. The third-order valence-corrected chi connectivity index (χ3v) is 4.10. The molecule has 0 saturated heterocycles. The summed E-state index contributed by atoms with van der Waals surface area (Å²) in [6.45, 7) is 2.44. The van der Waals surface area contributed by atoms with E-state index in [0.717, 1.165) is 17.7 Å². The molecule has 0 amide bonds. The van der Waals surface area contributed by atoms with Crippen LogP contribution in [-0.2, 0) is 15.7 Å². The highest BCUT2D eigenvalue weighted by Gasteiger charge is 2.30. The summed E-state index contributed by atoms with van der Waals surface area (Å²) in [6.07, 6.45) is -1.14. The molecule has 0 aliphatic rings. The molecule has 10 heteroatoms. The Morgan fingerprint density at radius 2 is 1.90 bits per heavy atom. The van der Waals surface area contributed by atoms with Gasteiger partial charge in [0.1, 0.15) is 5.82 Å². The van der Waals surface area contributed by atoms with Gasteiger partial charge in [0.05, 0.1) is 24.3 Å². The number of benzene rings is 1. The van der Waals surface area contributed by atoms with Gasteiger partial charge in [-0.05, 0) is 43.3 Å². The van der Waals surface area contributed by atoms with Crippen LogP contribution in [0, 0.1) is 0 Å². The van der Waals surface area contributed by atoms with Crippen LogP contribution < -0.4 is 10.6 Å². The van der Waals surface area contributed by atoms with Crippen LogP contribution in [0.1, 0.15) is 18.9 Å². The highest BCUT2D eigenvalue weighted by molar-refractivity contribution is 5.70. The number of hydrogen-bond donors (Lipinski definition) is 2. The van der Waals surface area contributed by atoms with E-state index in [0.29, 0.717) is 24.7 Å².